The molecular formula is C12H12F2N2. The monoisotopic (exact) mass is 222 g/mol. The van der Waals surface area contributed by atoms with E-state index in [1.807, 2.05) is 0 Å². The lowest BCUT2D eigenvalue weighted by Gasteiger charge is -1.99. The van der Waals surface area contributed by atoms with E-state index in [0.717, 1.165) is 0 Å². The van der Waals surface area contributed by atoms with E-state index in [9.17, 15) is 8.78 Å². The SMILES string of the molecule is C\C=C/C(F)=C\C(=N\C)c1cc(F)ccn1. The van der Waals surface area contributed by atoms with E-state index >= 15 is 0 Å². The molecule has 0 aromatic carbocycles. The normalized spacial score (nSPS) is 13.5. The summed E-state index contributed by atoms with van der Waals surface area (Å²) < 4.78 is 26.1. The summed E-state index contributed by atoms with van der Waals surface area (Å²) in [6.45, 7) is 1.70. The molecule has 0 unspecified atom stereocenters. The van der Waals surface area contributed by atoms with E-state index in [1.54, 1.807) is 13.0 Å². The molecule has 0 radical (unpaired) electrons. The fraction of sp³-hybridized carbons (Fsp3) is 0.167. The molecule has 0 bridgehead atoms. The largest absolute Gasteiger partial charge is 0.286 e. The van der Waals surface area contributed by atoms with Crippen molar-refractivity contribution in [3.05, 3.63) is 53.9 Å². The first-order valence-electron chi connectivity index (χ1n) is 4.76. The van der Waals surface area contributed by atoms with Crippen molar-refractivity contribution >= 4 is 5.71 Å². The molecule has 0 aliphatic rings. The van der Waals surface area contributed by atoms with Crippen molar-refractivity contribution in [2.45, 2.75) is 6.92 Å². The molecule has 1 rings (SSSR count). The molecule has 2 nitrogen and oxygen atoms in total. The lowest BCUT2D eigenvalue weighted by Crippen LogP contribution is -2.01. The van der Waals surface area contributed by atoms with Crippen LogP contribution in [0.5, 0.6) is 0 Å². The van der Waals surface area contributed by atoms with Gasteiger partial charge in [-0.15, -0.1) is 0 Å². The zero-order chi connectivity index (χ0) is 12.0. The third-order valence-electron chi connectivity index (χ3n) is 1.83. The van der Waals surface area contributed by atoms with Crippen molar-refractivity contribution < 1.29 is 8.78 Å². The maximum absolute atomic E-state index is 13.2. The van der Waals surface area contributed by atoms with Crippen molar-refractivity contribution in [2.24, 2.45) is 4.99 Å². The summed E-state index contributed by atoms with van der Waals surface area (Å²) in [5.74, 6) is -0.875. The molecular weight excluding hydrogens is 210 g/mol. The zero-order valence-electron chi connectivity index (χ0n) is 9.11. The van der Waals surface area contributed by atoms with Crippen LogP contribution in [0.25, 0.3) is 0 Å². The van der Waals surface area contributed by atoms with E-state index in [4.69, 9.17) is 0 Å². The summed E-state index contributed by atoms with van der Waals surface area (Å²) in [4.78, 5) is 7.78. The minimum absolute atomic E-state index is 0.301. The lowest BCUT2D eigenvalue weighted by atomic mass is 10.2. The molecule has 0 atom stereocenters. The Hall–Kier alpha value is -1.84. The average molecular weight is 222 g/mol. The number of aliphatic imine (C=N–C) groups is 1. The van der Waals surface area contributed by atoms with E-state index in [0.29, 0.717) is 11.4 Å². The van der Waals surface area contributed by atoms with Gasteiger partial charge >= 0.3 is 0 Å². The predicted octanol–water partition coefficient (Wildman–Crippen LogP) is 3.07. The zero-order valence-corrected chi connectivity index (χ0v) is 9.11. The summed E-state index contributed by atoms with van der Waals surface area (Å²) in [5.41, 5.74) is 0.609. The van der Waals surface area contributed by atoms with Crippen molar-refractivity contribution in [2.75, 3.05) is 7.05 Å². The third kappa shape index (κ3) is 3.38. The van der Waals surface area contributed by atoms with Crippen LogP contribution in [0.15, 0.2) is 47.4 Å². The molecule has 0 aliphatic carbocycles. The average Bonchev–Trinajstić information content (AvgIpc) is 2.26. The van der Waals surface area contributed by atoms with Crippen molar-refractivity contribution in [3.63, 3.8) is 0 Å². The van der Waals surface area contributed by atoms with Gasteiger partial charge in [0.2, 0.25) is 0 Å². The van der Waals surface area contributed by atoms with Crippen LogP contribution in [0.4, 0.5) is 8.78 Å². The van der Waals surface area contributed by atoms with Gasteiger partial charge in [-0.25, -0.2) is 8.78 Å². The van der Waals surface area contributed by atoms with Crippen LogP contribution < -0.4 is 0 Å². The Morgan fingerprint density at radius 1 is 1.50 bits per heavy atom. The molecule has 1 aromatic rings. The second-order valence-corrected chi connectivity index (χ2v) is 3.00. The Kier molecular flexibility index (Phi) is 4.51. The van der Waals surface area contributed by atoms with Gasteiger partial charge in [-0.3, -0.25) is 9.98 Å². The van der Waals surface area contributed by atoms with Crippen molar-refractivity contribution in [1.29, 1.82) is 0 Å². The van der Waals surface area contributed by atoms with Gasteiger partial charge in [0.15, 0.2) is 0 Å². The van der Waals surface area contributed by atoms with Crippen LogP contribution in [0, 0.1) is 5.82 Å². The van der Waals surface area contributed by atoms with E-state index in [-0.39, 0.29) is 0 Å². The molecule has 1 aromatic heterocycles. The molecule has 0 saturated heterocycles. The van der Waals surface area contributed by atoms with Gasteiger partial charge in [0.25, 0.3) is 0 Å². The summed E-state index contributed by atoms with van der Waals surface area (Å²) in [5, 5.41) is 0. The molecule has 0 saturated carbocycles. The number of nitrogens with zero attached hydrogens (tertiary/aromatic N) is 2. The van der Waals surface area contributed by atoms with E-state index in [2.05, 4.69) is 9.98 Å². The number of hydrogen-bond donors (Lipinski definition) is 0. The highest BCUT2D eigenvalue weighted by Gasteiger charge is 2.03. The smallest absolute Gasteiger partial charge is 0.126 e. The van der Waals surface area contributed by atoms with Crippen molar-refractivity contribution in [1.82, 2.24) is 4.98 Å². The standard InChI is InChI=1S/C12H12F2N2/c1-3-4-9(13)7-11(15-2)12-8-10(14)5-6-16-12/h3-8H,1-2H3/b4-3-,9-7+,15-11-. The maximum Gasteiger partial charge on any atom is 0.126 e. The van der Waals surface area contributed by atoms with Gasteiger partial charge in [-0.2, -0.15) is 0 Å². The molecule has 0 amide bonds. The van der Waals surface area contributed by atoms with Gasteiger partial charge in [-0.1, -0.05) is 6.08 Å². The maximum atomic E-state index is 13.2. The Bertz CT molecular complexity index is 448. The highest BCUT2D eigenvalue weighted by atomic mass is 19.1. The summed E-state index contributed by atoms with van der Waals surface area (Å²) >= 11 is 0. The van der Waals surface area contributed by atoms with E-state index in [1.165, 1.54) is 37.5 Å². The molecule has 1 heterocycles. The van der Waals surface area contributed by atoms with Crippen LogP contribution in [0.1, 0.15) is 12.6 Å². The first-order valence-corrected chi connectivity index (χ1v) is 4.76. The van der Waals surface area contributed by atoms with Crippen LogP contribution >= 0.6 is 0 Å². The Labute approximate surface area is 93.1 Å². The van der Waals surface area contributed by atoms with Gasteiger partial charge in [0.1, 0.15) is 11.6 Å². The second kappa shape index (κ2) is 5.90. The van der Waals surface area contributed by atoms with Crippen molar-refractivity contribution in [3.8, 4) is 0 Å². The van der Waals surface area contributed by atoms with Gasteiger partial charge < -0.3 is 0 Å². The number of halogens is 2. The minimum Gasteiger partial charge on any atom is -0.286 e. The fourth-order valence-corrected chi connectivity index (χ4v) is 1.14. The second-order valence-electron chi connectivity index (χ2n) is 3.00. The van der Waals surface area contributed by atoms with Gasteiger partial charge in [0.05, 0.1) is 11.4 Å². The number of aromatic nitrogens is 1. The van der Waals surface area contributed by atoms with Crippen LogP contribution in [-0.4, -0.2) is 17.7 Å². The number of rotatable bonds is 3. The molecule has 0 aliphatic heterocycles. The van der Waals surface area contributed by atoms with Gasteiger partial charge in [-0.05, 0) is 19.1 Å². The Morgan fingerprint density at radius 3 is 2.81 bits per heavy atom. The first kappa shape index (κ1) is 12.2. The minimum atomic E-state index is -0.450. The summed E-state index contributed by atoms with van der Waals surface area (Å²) in [6.07, 6.45) is 5.39. The Balaban J connectivity index is 3.05. The van der Waals surface area contributed by atoms with Crippen LogP contribution in [0.3, 0.4) is 0 Å². The molecule has 0 N–H and O–H groups in total. The fourth-order valence-electron chi connectivity index (χ4n) is 1.14. The van der Waals surface area contributed by atoms with E-state index < -0.39 is 11.6 Å². The highest BCUT2D eigenvalue weighted by molar-refractivity contribution is 6.07. The quantitative estimate of drug-likeness (QED) is 0.570. The predicted molar refractivity (Wildman–Crippen MR) is 60.7 cm³/mol. The first-order chi connectivity index (χ1) is 7.67. The molecule has 0 spiro atoms. The molecule has 16 heavy (non-hydrogen) atoms. The number of pyridine rings is 1. The summed E-state index contributed by atoms with van der Waals surface area (Å²) in [6, 6.07) is 2.44. The van der Waals surface area contributed by atoms with Gasteiger partial charge in [0, 0.05) is 25.4 Å². The van der Waals surface area contributed by atoms with Crippen LogP contribution in [-0.2, 0) is 0 Å². The highest BCUT2D eigenvalue weighted by Crippen LogP contribution is 2.06. The number of hydrogen-bond acceptors (Lipinski definition) is 2. The summed E-state index contributed by atoms with van der Waals surface area (Å²) in [7, 11) is 1.50. The molecule has 0 fully saturated rings. The topological polar surface area (TPSA) is 25.2 Å². The molecule has 84 valence electrons. The third-order valence-corrected chi connectivity index (χ3v) is 1.83. The Morgan fingerprint density at radius 2 is 2.25 bits per heavy atom. The lowest BCUT2D eigenvalue weighted by molar-refractivity contribution is 0.625. The van der Waals surface area contributed by atoms with Crippen LogP contribution in [0.2, 0.25) is 0 Å². The number of allylic oxidation sites excluding steroid dienone is 4. The molecule has 4 heteroatoms.